The second-order valence-electron chi connectivity index (χ2n) is 5.64. The fourth-order valence-electron chi connectivity index (χ4n) is 2.58. The van der Waals surface area contributed by atoms with E-state index in [-0.39, 0.29) is 11.7 Å². The number of carbonyl (C=O) groups is 2. The van der Waals surface area contributed by atoms with Crippen LogP contribution in [-0.4, -0.2) is 17.6 Å². The van der Waals surface area contributed by atoms with Crippen LogP contribution in [0.5, 0.6) is 0 Å². The summed E-state index contributed by atoms with van der Waals surface area (Å²) in [6.07, 6.45) is 3.31. The van der Waals surface area contributed by atoms with Gasteiger partial charge in [0, 0.05) is 11.0 Å². The number of primary amides is 1. The molecule has 0 heterocycles. The van der Waals surface area contributed by atoms with Crippen molar-refractivity contribution in [2.45, 2.75) is 4.90 Å². The smallest absolute Gasteiger partial charge is 0.248 e. The number of para-hydroxylation sites is 1. The largest absolute Gasteiger partial charge is 0.369 e. The molecule has 0 unspecified atom stereocenters. The van der Waals surface area contributed by atoms with Gasteiger partial charge in [-0.25, -0.2) is 0 Å². The van der Waals surface area contributed by atoms with Crippen LogP contribution < -0.4 is 11.1 Å². The first kappa shape index (κ1) is 17.8. The van der Waals surface area contributed by atoms with Crippen LogP contribution in [0.15, 0.2) is 77.7 Å². The third-order valence-electron chi connectivity index (χ3n) is 3.75. The Balaban J connectivity index is 1.75. The second-order valence-corrected chi connectivity index (χ2v) is 6.66. The molecule has 130 valence electrons. The number of amides is 2. The molecule has 0 saturated heterocycles. The molecule has 0 aliphatic heterocycles. The van der Waals surface area contributed by atoms with Crippen LogP contribution in [0.2, 0.25) is 0 Å². The van der Waals surface area contributed by atoms with E-state index in [2.05, 4.69) is 5.32 Å². The minimum Gasteiger partial charge on any atom is -0.369 e. The van der Waals surface area contributed by atoms with Gasteiger partial charge in [0.2, 0.25) is 11.8 Å². The summed E-state index contributed by atoms with van der Waals surface area (Å²) in [6.45, 7) is 0. The lowest BCUT2D eigenvalue weighted by atomic mass is 10.0. The van der Waals surface area contributed by atoms with Crippen molar-refractivity contribution in [2.24, 2.45) is 5.73 Å². The molecule has 0 aliphatic rings. The Bertz CT molecular complexity index is 977. The van der Waals surface area contributed by atoms with Crippen LogP contribution in [0.3, 0.4) is 0 Å². The Morgan fingerprint density at radius 3 is 2.54 bits per heavy atom. The van der Waals surface area contributed by atoms with Gasteiger partial charge in [0.1, 0.15) is 0 Å². The maximum Gasteiger partial charge on any atom is 0.248 e. The number of rotatable bonds is 6. The Kier molecular flexibility index (Phi) is 5.71. The minimum absolute atomic E-state index is 0.165. The molecule has 3 N–H and O–H groups in total. The van der Waals surface area contributed by atoms with E-state index in [1.807, 2.05) is 60.7 Å². The molecule has 4 nitrogen and oxygen atoms in total. The fraction of sp³-hybridized carbons (Fsp3) is 0.0476. The Hall–Kier alpha value is -3.05. The first-order chi connectivity index (χ1) is 12.6. The quantitative estimate of drug-likeness (QED) is 0.513. The van der Waals surface area contributed by atoms with E-state index in [0.717, 1.165) is 21.2 Å². The van der Waals surface area contributed by atoms with Crippen molar-refractivity contribution < 1.29 is 9.59 Å². The minimum atomic E-state index is -0.396. The fourth-order valence-corrected chi connectivity index (χ4v) is 3.33. The molecule has 3 aromatic rings. The molecule has 0 aliphatic carbocycles. The lowest BCUT2D eigenvalue weighted by Gasteiger charge is -2.08. The van der Waals surface area contributed by atoms with Crippen LogP contribution in [0.25, 0.3) is 16.8 Å². The van der Waals surface area contributed by atoms with Crippen molar-refractivity contribution in [3.8, 4) is 0 Å². The van der Waals surface area contributed by atoms with E-state index in [1.165, 1.54) is 17.8 Å². The maximum atomic E-state index is 12.3. The normalized spacial score (nSPS) is 10.9. The van der Waals surface area contributed by atoms with Gasteiger partial charge in [0.15, 0.2) is 0 Å². The number of hydrogen-bond donors (Lipinski definition) is 2. The Morgan fingerprint density at radius 2 is 1.69 bits per heavy atom. The maximum absolute atomic E-state index is 12.3. The van der Waals surface area contributed by atoms with Crippen molar-refractivity contribution in [1.29, 1.82) is 0 Å². The Labute approximate surface area is 156 Å². The molecular formula is C21H18N2O2S. The zero-order chi connectivity index (χ0) is 18.4. The highest BCUT2D eigenvalue weighted by molar-refractivity contribution is 8.00. The number of nitrogens with one attached hydrogen (secondary N) is 1. The lowest BCUT2D eigenvalue weighted by Crippen LogP contribution is -2.13. The summed E-state index contributed by atoms with van der Waals surface area (Å²) < 4.78 is 0. The SMILES string of the molecule is NC(=O)CSc1ccccc1NC(=O)/C=C/c1cccc2ccccc12. The number of hydrogen-bond acceptors (Lipinski definition) is 3. The number of benzene rings is 3. The molecule has 0 radical (unpaired) electrons. The van der Waals surface area contributed by atoms with Gasteiger partial charge in [-0.2, -0.15) is 0 Å². The molecule has 0 bridgehead atoms. The highest BCUT2D eigenvalue weighted by atomic mass is 32.2. The van der Waals surface area contributed by atoms with Gasteiger partial charge in [-0.05, 0) is 34.5 Å². The highest BCUT2D eigenvalue weighted by Crippen LogP contribution is 2.27. The lowest BCUT2D eigenvalue weighted by molar-refractivity contribution is -0.115. The number of thioether (sulfide) groups is 1. The molecule has 2 amide bonds. The number of carbonyl (C=O) groups excluding carboxylic acids is 2. The predicted octanol–water partition coefficient (Wildman–Crippen LogP) is 4.07. The zero-order valence-corrected chi connectivity index (χ0v) is 14.8. The molecule has 3 aromatic carbocycles. The van der Waals surface area contributed by atoms with Gasteiger partial charge < -0.3 is 11.1 Å². The summed E-state index contributed by atoms with van der Waals surface area (Å²) >= 11 is 1.30. The van der Waals surface area contributed by atoms with E-state index < -0.39 is 5.91 Å². The van der Waals surface area contributed by atoms with Crippen molar-refractivity contribution in [3.05, 3.63) is 78.4 Å². The van der Waals surface area contributed by atoms with Crippen molar-refractivity contribution in [1.82, 2.24) is 0 Å². The highest BCUT2D eigenvalue weighted by Gasteiger charge is 2.06. The average Bonchev–Trinajstić information content (AvgIpc) is 2.65. The van der Waals surface area contributed by atoms with E-state index in [4.69, 9.17) is 5.73 Å². The topological polar surface area (TPSA) is 72.2 Å². The van der Waals surface area contributed by atoms with Gasteiger partial charge in [0.05, 0.1) is 11.4 Å². The molecule has 3 rings (SSSR count). The molecule has 5 heteroatoms. The predicted molar refractivity (Wildman–Crippen MR) is 108 cm³/mol. The van der Waals surface area contributed by atoms with Crippen molar-refractivity contribution in [3.63, 3.8) is 0 Å². The van der Waals surface area contributed by atoms with Crippen LogP contribution in [-0.2, 0) is 9.59 Å². The summed E-state index contributed by atoms with van der Waals surface area (Å²) in [4.78, 5) is 24.1. The van der Waals surface area contributed by atoms with Crippen LogP contribution in [0.4, 0.5) is 5.69 Å². The van der Waals surface area contributed by atoms with Crippen molar-refractivity contribution >= 4 is 46.1 Å². The van der Waals surface area contributed by atoms with E-state index in [9.17, 15) is 9.59 Å². The first-order valence-corrected chi connectivity index (χ1v) is 9.09. The van der Waals surface area contributed by atoms with Gasteiger partial charge in [-0.15, -0.1) is 11.8 Å². The van der Waals surface area contributed by atoms with Gasteiger partial charge in [0.25, 0.3) is 0 Å². The molecule has 26 heavy (non-hydrogen) atoms. The molecule has 0 saturated carbocycles. The monoisotopic (exact) mass is 362 g/mol. The van der Waals surface area contributed by atoms with Gasteiger partial charge in [-0.1, -0.05) is 54.6 Å². The molecular weight excluding hydrogens is 344 g/mol. The summed E-state index contributed by atoms with van der Waals surface area (Å²) in [5.41, 5.74) is 6.83. The number of anilines is 1. The van der Waals surface area contributed by atoms with E-state index >= 15 is 0 Å². The second kappa shape index (κ2) is 8.36. The standard InChI is InChI=1S/C21H18N2O2S/c22-20(24)14-26-19-11-4-3-10-18(19)23-21(25)13-12-16-8-5-7-15-6-1-2-9-17(15)16/h1-13H,14H2,(H2,22,24)(H,23,25)/b13-12+. The summed E-state index contributed by atoms with van der Waals surface area (Å²) in [7, 11) is 0. The molecule has 0 aromatic heterocycles. The summed E-state index contributed by atoms with van der Waals surface area (Å²) in [6, 6.07) is 21.3. The number of nitrogens with two attached hydrogens (primary N) is 1. The first-order valence-electron chi connectivity index (χ1n) is 8.10. The van der Waals surface area contributed by atoms with Crippen LogP contribution >= 0.6 is 11.8 Å². The average molecular weight is 362 g/mol. The van der Waals surface area contributed by atoms with Crippen LogP contribution in [0, 0.1) is 0 Å². The molecule has 0 spiro atoms. The van der Waals surface area contributed by atoms with Gasteiger partial charge in [-0.3, -0.25) is 9.59 Å². The van der Waals surface area contributed by atoms with E-state index in [0.29, 0.717) is 5.69 Å². The van der Waals surface area contributed by atoms with Crippen molar-refractivity contribution in [2.75, 3.05) is 11.1 Å². The summed E-state index contributed by atoms with van der Waals surface area (Å²) in [5.74, 6) is -0.462. The van der Waals surface area contributed by atoms with Gasteiger partial charge >= 0.3 is 0 Å². The zero-order valence-electron chi connectivity index (χ0n) is 14.0. The van der Waals surface area contributed by atoms with Crippen LogP contribution in [0.1, 0.15) is 5.56 Å². The Morgan fingerprint density at radius 1 is 0.962 bits per heavy atom. The van der Waals surface area contributed by atoms with E-state index in [1.54, 1.807) is 12.1 Å². The molecule has 0 fully saturated rings. The third-order valence-corrected chi connectivity index (χ3v) is 4.85. The summed E-state index contributed by atoms with van der Waals surface area (Å²) in [5, 5.41) is 5.08. The number of fused-ring (bicyclic) bond motifs is 1. The third kappa shape index (κ3) is 4.52. The molecule has 0 atom stereocenters.